The van der Waals surface area contributed by atoms with Crippen molar-refractivity contribution in [2.24, 2.45) is 5.73 Å². The molecule has 0 bridgehead atoms. The zero-order chi connectivity index (χ0) is 14.9. The van der Waals surface area contributed by atoms with Crippen molar-refractivity contribution in [1.82, 2.24) is 9.78 Å². The quantitative estimate of drug-likeness (QED) is 0.860. The smallest absolute Gasteiger partial charge is 0.194 e. The molecule has 1 unspecified atom stereocenters. The van der Waals surface area contributed by atoms with Gasteiger partial charge in [-0.15, -0.1) is 0 Å². The topological polar surface area (TPSA) is 43.8 Å². The molecule has 0 aliphatic heterocycles. The van der Waals surface area contributed by atoms with Gasteiger partial charge in [0.1, 0.15) is 0 Å². The molecule has 108 valence electrons. The Morgan fingerprint density at radius 1 is 1.30 bits per heavy atom. The molecule has 0 fully saturated rings. The molecule has 0 aliphatic carbocycles. The highest BCUT2D eigenvalue weighted by Gasteiger charge is 2.24. The van der Waals surface area contributed by atoms with Crippen LogP contribution in [-0.2, 0) is 6.54 Å². The van der Waals surface area contributed by atoms with Gasteiger partial charge in [0, 0.05) is 12.1 Å². The molecule has 0 saturated heterocycles. The fourth-order valence-corrected chi connectivity index (χ4v) is 2.54. The Kier molecular flexibility index (Phi) is 4.49. The van der Waals surface area contributed by atoms with Crippen LogP contribution in [-0.4, -0.2) is 9.78 Å². The molecule has 0 amide bonds. The number of hydrogen-bond donors (Lipinski definition) is 1. The molecule has 0 saturated carbocycles. The highest BCUT2D eigenvalue weighted by atomic mass is 79.9. The van der Waals surface area contributed by atoms with Gasteiger partial charge >= 0.3 is 0 Å². The van der Waals surface area contributed by atoms with Crippen molar-refractivity contribution in [1.29, 1.82) is 0 Å². The fraction of sp³-hybridized carbons (Fsp3) is 0.308. The first-order valence-electron chi connectivity index (χ1n) is 6.07. The molecule has 0 radical (unpaired) electrons. The second kappa shape index (κ2) is 5.97. The average molecular weight is 348 g/mol. The van der Waals surface area contributed by atoms with E-state index in [1.807, 2.05) is 6.92 Å². The van der Waals surface area contributed by atoms with Crippen LogP contribution in [0.3, 0.4) is 0 Å². The lowest BCUT2D eigenvalue weighted by Gasteiger charge is -2.16. The van der Waals surface area contributed by atoms with E-state index in [1.54, 1.807) is 10.9 Å². The van der Waals surface area contributed by atoms with Crippen LogP contribution in [0.1, 0.15) is 30.6 Å². The zero-order valence-electron chi connectivity index (χ0n) is 10.7. The van der Waals surface area contributed by atoms with Gasteiger partial charge in [0.05, 0.1) is 22.4 Å². The van der Waals surface area contributed by atoms with Crippen molar-refractivity contribution in [3.63, 3.8) is 0 Å². The summed E-state index contributed by atoms with van der Waals surface area (Å²) >= 11 is 3.29. The largest absolute Gasteiger partial charge is 0.319 e. The van der Waals surface area contributed by atoms with Crippen molar-refractivity contribution in [2.75, 3.05) is 0 Å². The van der Waals surface area contributed by atoms with Crippen LogP contribution in [0.4, 0.5) is 13.2 Å². The van der Waals surface area contributed by atoms with Crippen LogP contribution in [0.2, 0.25) is 0 Å². The first kappa shape index (κ1) is 15.1. The molecule has 20 heavy (non-hydrogen) atoms. The van der Waals surface area contributed by atoms with E-state index in [-0.39, 0.29) is 5.56 Å². The fourth-order valence-electron chi connectivity index (χ4n) is 2.00. The molecule has 1 atom stereocenters. The summed E-state index contributed by atoms with van der Waals surface area (Å²) in [6, 6.07) is 1.07. The number of halogens is 4. The van der Waals surface area contributed by atoms with Crippen LogP contribution in [0, 0.1) is 17.5 Å². The summed E-state index contributed by atoms with van der Waals surface area (Å²) in [7, 11) is 0. The van der Waals surface area contributed by atoms with Crippen molar-refractivity contribution in [2.45, 2.75) is 25.9 Å². The number of hydrogen-bond acceptors (Lipinski definition) is 2. The molecule has 1 aromatic heterocycles. The predicted molar refractivity (Wildman–Crippen MR) is 72.6 cm³/mol. The summed E-state index contributed by atoms with van der Waals surface area (Å²) in [5, 5.41) is 4.12. The molecule has 0 spiro atoms. The third-order valence-electron chi connectivity index (χ3n) is 2.96. The summed E-state index contributed by atoms with van der Waals surface area (Å²) in [5.74, 6) is -4.02. The van der Waals surface area contributed by atoms with E-state index in [2.05, 4.69) is 21.0 Å². The van der Waals surface area contributed by atoms with E-state index >= 15 is 0 Å². The minimum Gasteiger partial charge on any atom is -0.319 e. The van der Waals surface area contributed by atoms with Crippen LogP contribution >= 0.6 is 15.9 Å². The Labute approximate surface area is 122 Å². The van der Waals surface area contributed by atoms with Gasteiger partial charge in [-0.2, -0.15) is 5.10 Å². The van der Waals surface area contributed by atoms with Crippen LogP contribution in [0.5, 0.6) is 0 Å². The van der Waals surface area contributed by atoms with Gasteiger partial charge in [0.25, 0.3) is 0 Å². The van der Waals surface area contributed by atoms with Crippen LogP contribution in [0.25, 0.3) is 0 Å². The summed E-state index contributed by atoms with van der Waals surface area (Å²) in [6.07, 6.45) is 2.36. The lowest BCUT2D eigenvalue weighted by Crippen LogP contribution is -2.20. The van der Waals surface area contributed by atoms with E-state index in [4.69, 9.17) is 5.73 Å². The van der Waals surface area contributed by atoms with Gasteiger partial charge in [0.15, 0.2) is 17.5 Å². The molecule has 2 N–H and O–H groups in total. The van der Waals surface area contributed by atoms with Gasteiger partial charge < -0.3 is 5.73 Å². The first-order chi connectivity index (χ1) is 9.47. The number of nitrogens with zero attached hydrogens (tertiary/aromatic N) is 2. The molecule has 7 heteroatoms. The molecule has 2 aromatic rings. The second-order valence-electron chi connectivity index (χ2n) is 4.34. The highest BCUT2D eigenvalue weighted by Crippen LogP contribution is 2.29. The summed E-state index contributed by atoms with van der Waals surface area (Å²) in [4.78, 5) is 0. The Bertz CT molecular complexity index is 628. The standard InChI is InChI=1S/C13H13BrF3N3/c1-2-5-20-13(8(14)6-19-20)12(18)7-3-4-9(15)11(17)10(7)16/h3-4,6,12H,2,5,18H2,1H3. The maximum atomic E-state index is 13.8. The number of benzene rings is 1. The summed E-state index contributed by atoms with van der Waals surface area (Å²) < 4.78 is 42.3. The van der Waals surface area contributed by atoms with Crippen LogP contribution < -0.4 is 5.73 Å². The van der Waals surface area contributed by atoms with E-state index in [0.717, 1.165) is 18.6 Å². The Hall–Kier alpha value is -1.34. The summed E-state index contributed by atoms with van der Waals surface area (Å²) in [5.41, 5.74) is 6.41. The third-order valence-corrected chi connectivity index (χ3v) is 3.57. The van der Waals surface area contributed by atoms with E-state index in [9.17, 15) is 13.2 Å². The molecule has 0 aliphatic rings. The van der Waals surface area contributed by atoms with Gasteiger partial charge in [-0.05, 0) is 28.4 Å². The molecule has 2 rings (SSSR count). The average Bonchev–Trinajstić information content (AvgIpc) is 2.77. The van der Waals surface area contributed by atoms with E-state index in [0.29, 0.717) is 16.7 Å². The van der Waals surface area contributed by atoms with Gasteiger partial charge in [-0.3, -0.25) is 4.68 Å². The zero-order valence-corrected chi connectivity index (χ0v) is 12.3. The SMILES string of the molecule is CCCn1ncc(Br)c1C(N)c1ccc(F)c(F)c1F. The van der Waals surface area contributed by atoms with E-state index in [1.165, 1.54) is 0 Å². The Balaban J connectivity index is 2.49. The Morgan fingerprint density at radius 3 is 2.65 bits per heavy atom. The third kappa shape index (κ3) is 2.60. The lowest BCUT2D eigenvalue weighted by atomic mass is 10.0. The molecule has 3 nitrogen and oxygen atoms in total. The Morgan fingerprint density at radius 2 is 2.00 bits per heavy atom. The normalized spacial score (nSPS) is 12.7. The maximum Gasteiger partial charge on any atom is 0.194 e. The second-order valence-corrected chi connectivity index (χ2v) is 5.20. The van der Waals surface area contributed by atoms with Crippen LogP contribution in [0.15, 0.2) is 22.8 Å². The molecule has 1 aromatic carbocycles. The maximum absolute atomic E-state index is 13.8. The molecular formula is C13H13BrF3N3. The highest BCUT2D eigenvalue weighted by molar-refractivity contribution is 9.10. The monoisotopic (exact) mass is 347 g/mol. The number of nitrogens with two attached hydrogens (primary N) is 1. The minimum absolute atomic E-state index is 0.109. The van der Waals surface area contributed by atoms with Gasteiger partial charge in [0.2, 0.25) is 0 Å². The number of aromatic nitrogens is 2. The van der Waals surface area contributed by atoms with Crippen molar-refractivity contribution >= 4 is 15.9 Å². The lowest BCUT2D eigenvalue weighted by molar-refractivity contribution is 0.436. The predicted octanol–water partition coefficient (Wildman–Crippen LogP) is 3.52. The molecule has 1 heterocycles. The summed E-state index contributed by atoms with van der Waals surface area (Å²) in [6.45, 7) is 2.56. The first-order valence-corrected chi connectivity index (χ1v) is 6.86. The van der Waals surface area contributed by atoms with Crippen molar-refractivity contribution in [3.8, 4) is 0 Å². The minimum atomic E-state index is -1.52. The van der Waals surface area contributed by atoms with Crippen molar-refractivity contribution < 1.29 is 13.2 Å². The van der Waals surface area contributed by atoms with Gasteiger partial charge in [-0.1, -0.05) is 13.0 Å². The van der Waals surface area contributed by atoms with Crippen molar-refractivity contribution in [3.05, 3.63) is 51.5 Å². The molecular weight excluding hydrogens is 335 g/mol. The number of rotatable bonds is 4. The van der Waals surface area contributed by atoms with E-state index < -0.39 is 23.5 Å². The van der Waals surface area contributed by atoms with Gasteiger partial charge in [-0.25, -0.2) is 13.2 Å². The number of aryl methyl sites for hydroxylation is 1.